The van der Waals surface area contributed by atoms with Crippen molar-refractivity contribution in [2.45, 2.75) is 31.8 Å². The Morgan fingerprint density at radius 3 is 2.84 bits per heavy atom. The molecule has 2 fully saturated rings. The lowest BCUT2D eigenvalue weighted by atomic mass is 9.55. The van der Waals surface area contributed by atoms with Crippen LogP contribution in [0.4, 0.5) is 0 Å². The largest absolute Gasteiger partial charge is 0.473 e. The van der Waals surface area contributed by atoms with Crippen LogP contribution >= 0.6 is 11.6 Å². The van der Waals surface area contributed by atoms with Crippen molar-refractivity contribution in [3.8, 4) is 5.88 Å². The fraction of sp³-hybridized carbons (Fsp3) is 0.429. The highest BCUT2D eigenvalue weighted by atomic mass is 35.5. The molecule has 2 aliphatic rings. The van der Waals surface area contributed by atoms with Crippen molar-refractivity contribution in [1.29, 1.82) is 0 Å². The zero-order valence-corrected chi connectivity index (χ0v) is 11.1. The second-order valence-electron chi connectivity index (χ2n) is 5.51. The molecule has 0 amide bonds. The number of rotatable bonds is 2. The molecular formula is C14H13ClN3O. The van der Waals surface area contributed by atoms with E-state index in [2.05, 4.69) is 21.4 Å². The maximum atomic E-state index is 5.96. The molecule has 0 atom stereocenters. The third-order valence-corrected chi connectivity index (χ3v) is 4.32. The molecule has 2 aromatic rings. The number of nitrogens with zero attached hydrogens (tertiary/aromatic N) is 3. The Balaban J connectivity index is 1.60. The van der Waals surface area contributed by atoms with Crippen molar-refractivity contribution in [2.24, 2.45) is 5.41 Å². The fourth-order valence-corrected chi connectivity index (χ4v) is 3.20. The number of pyridine rings is 1. The summed E-state index contributed by atoms with van der Waals surface area (Å²) in [6.07, 6.45) is 8.99. The monoisotopic (exact) mass is 274 g/mol. The topological polar surface area (TPSA) is 47.9 Å². The summed E-state index contributed by atoms with van der Waals surface area (Å²) < 4.78 is 5.96. The van der Waals surface area contributed by atoms with E-state index in [1.54, 1.807) is 6.20 Å². The molecular weight excluding hydrogens is 262 g/mol. The highest BCUT2D eigenvalue weighted by molar-refractivity contribution is 6.28. The SMILES string of the molecule is Clc1nc(OC2CC3(C[CH]C3)C2)c2ncccc2n1. The molecule has 0 saturated heterocycles. The first-order valence-electron chi connectivity index (χ1n) is 6.51. The van der Waals surface area contributed by atoms with E-state index < -0.39 is 0 Å². The predicted octanol–water partition coefficient (Wildman–Crippen LogP) is 3.20. The zero-order valence-electron chi connectivity index (χ0n) is 10.3. The highest BCUT2D eigenvalue weighted by Gasteiger charge is 2.49. The molecule has 5 heteroatoms. The Hall–Kier alpha value is -1.42. The zero-order chi connectivity index (χ0) is 12.9. The molecule has 2 saturated carbocycles. The maximum absolute atomic E-state index is 5.96. The second kappa shape index (κ2) is 4.04. The van der Waals surface area contributed by atoms with Crippen LogP contribution < -0.4 is 4.74 Å². The van der Waals surface area contributed by atoms with E-state index in [-0.39, 0.29) is 11.4 Å². The van der Waals surface area contributed by atoms with Crippen LogP contribution in [0.3, 0.4) is 0 Å². The van der Waals surface area contributed by atoms with E-state index >= 15 is 0 Å². The molecule has 1 radical (unpaired) electrons. The summed E-state index contributed by atoms with van der Waals surface area (Å²) in [7, 11) is 0. The minimum Gasteiger partial charge on any atom is -0.473 e. The van der Waals surface area contributed by atoms with Crippen LogP contribution in [-0.2, 0) is 0 Å². The summed E-state index contributed by atoms with van der Waals surface area (Å²) in [6, 6.07) is 3.70. The van der Waals surface area contributed by atoms with Crippen molar-refractivity contribution in [3.63, 3.8) is 0 Å². The normalized spacial score (nSPS) is 21.1. The van der Waals surface area contributed by atoms with E-state index in [0.717, 1.165) is 18.4 Å². The van der Waals surface area contributed by atoms with Crippen LogP contribution in [0.5, 0.6) is 5.88 Å². The molecule has 2 aliphatic carbocycles. The van der Waals surface area contributed by atoms with Gasteiger partial charge >= 0.3 is 0 Å². The van der Waals surface area contributed by atoms with Crippen LogP contribution in [0.1, 0.15) is 25.7 Å². The van der Waals surface area contributed by atoms with E-state index in [1.165, 1.54) is 12.8 Å². The van der Waals surface area contributed by atoms with Gasteiger partial charge in [-0.25, -0.2) is 9.97 Å². The second-order valence-corrected chi connectivity index (χ2v) is 5.85. The summed E-state index contributed by atoms with van der Waals surface area (Å²) in [6.45, 7) is 0. The summed E-state index contributed by atoms with van der Waals surface area (Å²) in [4.78, 5) is 12.6. The molecule has 4 rings (SSSR count). The van der Waals surface area contributed by atoms with Gasteiger partial charge in [0.25, 0.3) is 0 Å². The molecule has 0 aromatic carbocycles. The Labute approximate surface area is 116 Å². The third kappa shape index (κ3) is 1.86. The number of aromatic nitrogens is 3. The molecule has 0 bridgehead atoms. The Kier molecular flexibility index (Phi) is 2.42. The average Bonchev–Trinajstić information content (AvgIpc) is 2.30. The molecule has 19 heavy (non-hydrogen) atoms. The van der Waals surface area contributed by atoms with Gasteiger partial charge in [-0.3, -0.25) is 0 Å². The van der Waals surface area contributed by atoms with Crippen molar-refractivity contribution in [2.75, 3.05) is 0 Å². The molecule has 0 unspecified atom stereocenters. The van der Waals surface area contributed by atoms with Gasteiger partial charge in [0, 0.05) is 6.20 Å². The number of ether oxygens (including phenoxy) is 1. The standard InChI is InChI=1S/C14H13ClN3O/c15-13-17-10-3-1-6-16-11(10)12(18-13)19-9-7-14(8-9)4-2-5-14/h1-3,6,9H,4-5,7-8H2. The number of hydrogen-bond donors (Lipinski definition) is 0. The molecule has 1 spiro atoms. The van der Waals surface area contributed by atoms with Crippen LogP contribution in [0, 0.1) is 11.8 Å². The van der Waals surface area contributed by atoms with Gasteiger partial charge in [-0.05, 0) is 61.3 Å². The molecule has 4 nitrogen and oxygen atoms in total. The van der Waals surface area contributed by atoms with Crippen molar-refractivity contribution >= 4 is 22.6 Å². The van der Waals surface area contributed by atoms with Crippen LogP contribution in [0.25, 0.3) is 11.0 Å². The lowest BCUT2D eigenvalue weighted by Gasteiger charge is -2.53. The van der Waals surface area contributed by atoms with Crippen LogP contribution in [0.2, 0.25) is 5.28 Å². The van der Waals surface area contributed by atoms with Gasteiger partial charge in [0.1, 0.15) is 6.10 Å². The number of hydrogen-bond acceptors (Lipinski definition) is 4. The summed E-state index contributed by atoms with van der Waals surface area (Å²) in [5.41, 5.74) is 1.95. The Morgan fingerprint density at radius 1 is 1.26 bits per heavy atom. The fourth-order valence-electron chi connectivity index (χ4n) is 3.03. The lowest BCUT2D eigenvalue weighted by Crippen LogP contribution is -2.48. The Morgan fingerprint density at radius 2 is 2.11 bits per heavy atom. The summed E-state index contributed by atoms with van der Waals surface area (Å²) in [5, 5.41) is 0.210. The number of fused-ring (bicyclic) bond motifs is 1. The predicted molar refractivity (Wildman–Crippen MR) is 72.0 cm³/mol. The molecule has 2 heterocycles. The van der Waals surface area contributed by atoms with E-state index in [4.69, 9.17) is 16.3 Å². The first-order valence-corrected chi connectivity index (χ1v) is 6.89. The van der Waals surface area contributed by atoms with Gasteiger partial charge in [0.05, 0.1) is 5.52 Å². The van der Waals surface area contributed by atoms with Gasteiger partial charge in [0.15, 0.2) is 5.52 Å². The molecule has 0 N–H and O–H groups in total. The van der Waals surface area contributed by atoms with Crippen LogP contribution in [0.15, 0.2) is 18.3 Å². The molecule has 0 aliphatic heterocycles. The highest BCUT2D eigenvalue weighted by Crippen LogP contribution is 2.56. The van der Waals surface area contributed by atoms with Gasteiger partial charge < -0.3 is 4.74 Å². The summed E-state index contributed by atoms with van der Waals surface area (Å²) >= 11 is 5.93. The number of halogens is 1. The molecule has 97 valence electrons. The first kappa shape index (κ1) is 11.4. The average molecular weight is 275 g/mol. The first-order chi connectivity index (χ1) is 9.24. The van der Waals surface area contributed by atoms with Gasteiger partial charge in [0.2, 0.25) is 11.2 Å². The van der Waals surface area contributed by atoms with Crippen LogP contribution in [-0.4, -0.2) is 21.1 Å². The minimum atomic E-state index is 0.210. The molecule has 2 aromatic heterocycles. The van der Waals surface area contributed by atoms with Crippen molar-refractivity contribution < 1.29 is 4.74 Å². The van der Waals surface area contributed by atoms with Gasteiger partial charge in [-0.15, -0.1) is 0 Å². The minimum absolute atomic E-state index is 0.210. The lowest BCUT2D eigenvalue weighted by molar-refractivity contribution is -0.0454. The van der Waals surface area contributed by atoms with Crippen molar-refractivity contribution in [3.05, 3.63) is 30.0 Å². The van der Waals surface area contributed by atoms with Gasteiger partial charge in [-0.2, -0.15) is 4.98 Å². The van der Waals surface area contributed by atoms with E-state index in [9.17, 15) is 0 Å². The van der Waals surface area contributed by atoms with Gasteiger partial charge in [-0.1, -0.05) is 0 Å². The van der Waals surface area contributed by atoms with E-state index in [0.29, 0.717) is 16.8 Å². The quantitative estimate of drug-likeness (QED) is 0.789. The van der Waals surface area contributed by atoms with Crippen molar-refractivity contribution in [1.82, 2.24) is 15.0 Å². The smallest absolute Gasteiger partial charge is 0.245 e. The summed E-state index contributed by atoms with van der Waals surface area (Å²) in [5.74, 6) is 0.513. The maximum Gasteiger partial charge on any atom is 0.245 e. The van der Waals surface area contributed by atoms with E-state index in [1.807, 2.05) is 12.1 Å². The third-order valence-electron chi connectivity index (χ3n) is 4.15. The Bertz CT molecular complexity index is 634.